The molecule has 4 aromatic rings. The lowest BCUT2D eigenvalue weighted by Gasteiger charge is -2.01. The van der Waals surface area contributed by atoms with E-state index in [2.05, 4.69) is 20.3 Å². The lowest BCUT2D eigenvalue weighted by atomic mass is 10.2. The maximum absolute atomic E-state index is 12.7. The average Bonchev–Trinajstić information content (AvgIpc) is 3.32. The van der Waals surface area contributed by atoms with Crippen LogP contribution in [-0.2, 0) is 0 Å². The SMILES string of the molecule is O=C(Nc1nc(-c2ccc(Cl)s2)cs1)c1ccc2nc(C(F)F)[nH]c2c1. The summed E-state index contributed by atoms with van der Waals surface area (Å²) in [5.74, 6) is -0.804. The molecule has 5 nitrogen and oxygen atoms in total. The third-order valence-electron chi connectivity index (χ3n) is 3.52. The number of nitrogens with zero attached hydrogens (tertiary/aromatic N) is 2. The molecule has 4 rings (SSSR count). The lowest BCUT2D eigenvalue weighted by Crippen LogP contribution is -2.11. The molecule has 0 radical (unpaired) electrons. The number of alkyl halides is 2. The summed E-state index contributed by atoms with van der Waals surface area (Å²) in [6.45, 7) is 0. The minimum Gasteiger partial charge on any atom is -0.337 e. The molecule has 0 spiro atoms. The predicted molar refractivity (Wildman–Crippen MR) is 99.4 cm³/mol. The molecule has 0 aliphatic carbocycles. The van der Waals surface area contributed by atoms with Crippen LogP contribution in [-0.4, -0.2) is 20.9 Å². The number of thiazole rings is 1. The van der Waals surface area contributed by atoms with Gasteiger partial charge in [-0.15, -0.1) is 22.7 Å². The van der Waals surface area contributed by atoms with Crippen molar-refractivity contribution in [1.29, 1.82) is 0 Å². The van der Waals surface area contributed by atoms with E-state index in [9.17, 15) is 13.6 Å². The van der Waals surface area contributed by atoms with Gasteiger partial charge < -0.3 is 4.98 Å². The maximum atomic E-state index is 12.7. The Hall–Kier alpha value is -2.36. The number of anilines is 1. The monoisotopic (exact) mass is 410 g/mol. The number of hydrogen-bond acceptors (Lipinski definition) is 5. The lowest BCUT2D eigenvalue weighted by molar-refractivity contribution is 0.102. The molecule has 2 N–H and O–H groups in total. The molecule has 0 bridgehead atoms. The molecule has 0 atom stereocenters. The Kier molecular flexibility index (Phi) is 4.43. The molecule has 3 heterocycles. The number of carbonyl (C=O) groups excluding carboxylic acids is 1. The molecule has 26 heavy (non-hydrogen) atoms. The smallest absolute Gasteiger partial charge is 0.295 e. The first-order valence-electron chi connectivity index (χ1n) is 7.30. The fourth-order valence-corrected chi connectivity index (χ4v) is 4.12. The number of rotatable bonds is 4. The number of imidazole rings is 1. The summed E-state index contributed by atoms with van der Waals surface area (Å²) < 4.78 is 26.1. The maximum Gasteiger partial charge on any atom is 0.295 e. The van der Waals surface area contributed by atoms with Crippen LogP contribution in [0.15, 0.2) is 35.7 Å². The average molecular weight is 411 g/mol. The van der Waals surface area contributed by atoms with Gasteiger partial charge in [0.1, 0.15) is 0 Å². The fraction of sp³-hybridized carbons (Fsp3) is 0.0625. The number of halogens is 3. The van der Waals surface area contributed by atoms with Crippen molar-refractivity contribution in [3.8, 4) is 10.6 Å². The minimum absolute atomic E-state index is 0.317. The van der Waals surface area contributed by atoms with Gasteiger partial charge in [-0.1, -0.05) is 11.6 Å². The molecule has 10 heteroatoms. The van der Waals surface area contributed by atoms with Crippen LogP contribution in [0, 0.1) is 0 Å². The second kappa shape index (κ2) is 6.75. The molecule has 3 aromatic heterocycles. The van der Waals surface area contributed by atoms with Gasteiger partial charge in [-0.25, -0.2) is 18.7 Å². The zero-order chi connectivity index (χ0) is 18.3. The van der Waals surface area contributed by atoms with Gasteiger partial charge in [0.25, 0.3) is 12.3 Å². The van der Waals surface area contributed by atoms with Gasteiger partial charge in [0.15, 0.2) is 11.0 Å². The number of fused-ring (bicyclic) bond motifs is 1. The van der Waals surface area contributed by atoms with E-state index >= 15 is 0 Å². The minimum atomic E-state index is -2.70. The second-order valence-electron chi connectivity index (χ2n) is 5.25. The molecule has 0 saturated carbocycles. The highest BCUT2D eigenvalue weighted by Crippen LogP contribution is 2.33. The summed E-state index contributed by atoms with van der Waals surface area (Å²) in [6, 6.07) is 8.18. The Bertz CT molecular complexity index is 1100. The summed E-state index contributed by atoms with van der Waals surface area (Å²) in [5, 5.41) is 4.97. The summed E-state index contributed by atoms with van der Waals surface area (Å²) in [6.07, 6.45) is -2.70. The first-order chi connectivity index (χ1) is 12.5. The molecular formula is C16H9ClF2N4OS2. The van der Waals surface area contributed by atoms with E-state index in [4.69, 9.17) is 11.6 Å². The van der Waals surface area contributed by atoms with Gasteiger partial charge in [0.2, 0.25) is 0 Å². The van der Waals surface area contributed by atoms with Crippen LogP contribution < -0.4 is 5.32 Å². The third kappa shape index (κ3) is 3.33. The highest BCUT2D eigenvalue weighted by molar-refractivity contribution is 7.20. The number of hydrogen-bond donors (Lipinski definition) is 2. The van der Waals surface area contributed by atoms with Gasteiger partial charge in [-0.3, -0.25) is 10.1 Å². The van der Waals surface area contributed by atoms with Crippen LogP contribution in [0.5, 0.6) is 0 Å². The number of aromatic nitrogens is 3. The highest BCUT2D eigenvalue weighted by Gasteiger charge is 2.15. The molecule has 1 aromatic carbocycles. The number of aromatic amines is 1. The van der Waals surface area contributed by atoms with Crippen LogP contribution in [0.25, 0.3) is 21.6 Å². The molecule has 0 unspecified atom stereocenters. The van der Waals surface area contributed by atoms with Crippen molar-refractivity contribution < 1.29 is 13.6 Å². The first kappa shape index (κ1) is 17.1. The highest BCUT2D eigenvalue weighted by atomic mass is 35.5. The number of H-pyrrole nitrogens is 1. The van der Waals surface area contributed by atoms with Crippen molar-refractivity contribution in [3.05, 3.63) is 51.4 Å². The summed E-state index contributed by atoms with van der Waals surface area (Å²) >= 11 is 8.61. The number of nitrogens with one attached hydrogen (secondary N) is 2. The van der Waals surface area contributed by atoms with Crippen LogP contribution in [0.2, 0.25) is 4.34 Å². The molecule has 0 aliphatic heterocycles. The quantitative estimate of drug-likeness (QED) is 0.460. The fourth-order valence-electron chi connectivity index (χ4n) is 2.34. The number of amides is 1. The van der Waals surface area contributed by atoms with Crippen molar-refractivity contribution >= 4 is 56.3 Å². The van der Waals surface area contributed by atoms with Crippen LogP contribution in [0.1, 0.15) is 22.6 Å². The first-order valence-corrected chi connectivity index (χ1v) is 9.37. The molecule has 0 saturated heterocycles. The van der Waals surface area contributed by atoms with E-state index in [1.807, 2.05) is 11.4 Å². The third-order valence-corrected chi connectivity index (χ3v) is 5.53. The summed E-state index contributed by atoms with van der Waals surface area (Å²) in [5.41, 5.74) is 1.80. The van der Waals surface area contributed by atoms with Gasteiger partial charge in [-0.05, 0) is 30.3 Å². The molecule has 1 amide bonds. The number of thiophene rings is 1. The molecule has 0 fully saturated rings. The van der Waals surface area contributed by atoms with E-state index in [0.29, 0.717) is 26.1 Å². The van der Waals surface area contributed by atoms with E-state index in [1.54, 1.807) is 6.07 Å². The Morgan fingerprint density at radius 1 is 1.23 bits per heavy atom. The van der Waals surface area contributed by atoms with Crippen molar-refractivity contribution in [1.82, 2.24) is 15.0 Å². The van der Waals surface area contributed by atoms with Crippen molar-refractivity contribution in [2.24, 2.45) is 0 Å². The molecule has 0 aliphatic rings. The Morgan fingerprint density at radius 3 is 2.81 bits per heavy atom. The molecular weight excluding hydrogens is 402 g/mol. The second-order valence-corrected chi connectivity index (χ2v) is 7.82. The number of benzene rings is 1. The zero-order valence-electron chi connectivity index (χ0n) is 12.8. The summed E-state index contributed by atoms with van der Waals surface area (Å²) in [4.78, 5) is 24.0. The van der Waals surface area contributed by atoms with Crippen LogP contribution in [0.4, 0.5) is 13.9 Å². The number of carbonyl (C=O) groups is 1. The van der Waals surface area contributed by atoms with Gasteiger partial charge >= 0.3 is 0 Å². The normalized spacial score (nSPS) is 11.4. The van der Waals surface area contributed by atoms with Gasteiger partial charge in [-0.2, -0.15) is 0 Å². The Labute approximate surface area is 158 Å². The standard InChI is InChI=1S/C16H9ClF2N4OS2/c17-12-4-3-11(26-12)10-6-25-16(22-10)23-15(24)7-1-2-8-9(5-7)21-14(20-8)13(18)19/h1-6,13H,(H,20,21)(H,22,23,24). The predicted octanol–water partition coefficient (Wildman–Crippen LogP) is 5.59. The van der Waals surface area contributed by atoms with Crippen LogP contribution in [0.3, 0.4) is 0 Å². The van der Waals surface area contributed by atoms with Crippen molar-refractivity contribution in [2.45, 2.75) is 6.43 Å². The van der Waals surface area contributed by atoms with E-state index < -0.39 is 12.2 Å². The van der Waals surface area contributed by atoms with Gasteiger partial charge in [0, 0.05) is 10.9 Å². The summed E-state index contributed by atoms with van der Waals surface area (Å²) in [7, 11) is 0. The topological polar surface area (TPSA) is 70.7 Å². The van der Waals surface area contributed by atoms with Crippen LogP contribution >= 0.6 is 34.3 Å². The zero-order valence-corrected chi connectivity index (χ0v) is 15.2. The Balaban J connectivity index is 1.54. The van der Waals surface area contributed by atoms with Crippen molar-refractivity contribution in [2.75, 3.05) is 5.32 Å². The largest absolute Gasteiger partial charge is 0.337 e. The van der Waals surface area contributed by atoms with E-state index in [0.717, 1.165) is 10.6 Å². The van der Waals surface area contributed by atoms with E-state index in [-0.39, 0.29) is 5.91 Å². The van der Waals surface area contributed by atoms with Crippen molar-refractivity contribution in [3.63, 3.8) is 0 Å². The van der Waals surface area contributed by atoms with Gasteiger partial charge in [0.05, 0.1) is 25.9 Å². The van der Waals surface area contributed by atoms with E-state index in [1.165, 1.54) is 40.9 Å². The Morgan fingerprint density at radius 2 is 2.08 bits per heavy atom. The molecule has 132 valence electrons.